The van der Waals surface area contributed by atoms with Gasteiger partial charge in [0.1, 0.15) is 0 Å². The van der Waals surface area contributed by atoms with Crippen molar-refractivity contribution in [2.24, 2.45) is 4.40 Å². The second-order valence-corrected chi connectivity index (χ2v) is 6.47. The highest BCUT2D eigenvalue weighted by atomic mass is 35.5. The second-order valence-electron chi connectivity index (χ2n) is 3.50. The van der Waals surface area contributed by atoms with E-state index in [0.29, 0.717) is 17.2 Å². The van der Waals surface area contributed by atoms with Gasteiger partial charge < -0.3 is 4.74 Å². The van der Waals surface area contributed by atoms with Crippen LogP contribution in [0.15, 0.2) is 33.0 Å². The van der Waals surface area contributed by atoms with E-state index in [0.717, 1.165) is 17.9 Å². The maximum Gasteiger partial charge on any atom is 0.313 e. The summed E-state index contributed by atoms with van der Waals surface area (Å²) in [7, 11) is -3.89. The summed E-state index contributed by atoms with van der Waals surface area (Å²) in [6, 6.07) is 6.93. The van der Waals surface area contributed by atoms with Gasteiger partial charge in [-0.1, -0.05) is 23.7 Å². The molecule has 0 aliphatic carbocycles. The number of nitrogens with zero attached hydrogens (tertiary/aromatic N) is 3. The van der Waals surface area contributed by atoms with Crippen LogP contribution in [0, 0.1) is 0 Å². The van der Waals surface area contributed by atoms with E-state index in [9.17, 15) is 8.42 Å². The van der Waals surface area contributed by atoms with Crippen molar-refractivity contribution < 1.29 is 13.2 Å². The predicted molar refractivity (Wildman–Crippen MR) is 77.7 cm³/mol. The minimum atomic E-state index is -3.89. The molecule has 106 valence electrons. The van der Waals surface area contributed by atoms with E-state index >= 15 is 0 Å². The topological polar surface area (TPSA) is 81.5 Å². The number of hydrogen-bond acceptors (Lipinski definition) is 6. The molecular formula is C11H10ClN3O3S2. The minimum absolute atomic E-state index is 0.205. The summed E-state index contributed by atoms with van der Waals surface area (Å²) >= 11 is 6.75. The molecule has 0 N–H and O–H groups in total. The molecule has 0 bridgehead atoms. The van der Waals surface area contributed by atoms with Crippen molar-refractivity contribution in [1.29, 1.82) is 0 Å². The van der Waals surface area contributed by atoms with Gasteiger partial charge in [-0.3, -0.25) is 0 Å². The smallest absolute Gasteiger partial charge is 0.313 e. The quantitative estimate of drug-likeness (QED) is 0.621. The molecule has 0 saturated heterocycles. The Hall–Kier alpha value is -1.51. The Kier molecular flexibility index (Phi) is 4.69. The van der Waals surface area contributed by atoms with Crippen molar-refractivity contribution in [1.82, 2.24) is 9.36 Å². The molecule has 0 atom stereocenters. The zero-order chi connectivity index (χ0) is 14.6. The summed E-state index contributed by atoms with van der Waals surface area (Å²) < 4.78 is 35.6. The van der Waals surface area contributed by atoms with Crippen molar-refractivity contribution in [2.45, 2.75) is 11.3 Å². The maximum absolute atomic E-state index is 11.8. The molecule has 6 nitrogen and oxygen atoms in total. The van der Waals surface area contributed by atoms with Crippen LogP contribution in [0.5, 0.6) is 0 Å². The molecular weight excluding hydrogens is 322 g/mol. The van der Waals surface area contributed by atoms with Crippen molar-refractivity contribution in [3.8, 4) is 11.4 Å². The number of sulfonamides is 1. The van der Waals surface area contributed by atoms with Crippen LogP contribution in [0.4, 0.5) is 0 Å². The van der Waals surface area contributed by atoms with E-state index in [1.165, 1.54) is 0 Å². The number of aromatic nitrogens is 2. The lowest BCUT2D eigenvalue weighted by Crippen LogP contribution is -1.98. The highest BCUT2D eigenvalue weighted by Crippen LogP contribution is 2.27. The van der Waals surface area contributed by atoms with Crippen molar-refractivity contribution in [3.05, 3.63) is 29.3 Å². The van der Waals surface area contributed by atoms with Gasteiger partial charge in [-0.2, -0.15) is 12.8 Å². The first-order valence-electron chi connectivity index (χ1n) is 5.53. The van der Waals surface area contributed by atoms with Crippen molar-refractivity contribution in [2.75, 3.05) is 6.61 Å². The third kappa shape index (κ3) is 3.33. The Morgan fingerprint density at radius 2 is 2.20 bits per heavy atom. The summed E-state index contributed by atoms with van der Waals surface area (Å²) in [6.45, 7) is 2.05. The molecule has 0 unspecified atom stereocenters. The molecule has 2 rings (SSSR count). The molecule has 0 aliphatic rings. The number of benzene rings is 1. The third-order valence-electron chi connectivity index (χ3n) is 2.17. The lowest BCUT2D eigenvalue weighted by atomic mass is 10.2. The molecule has 0 saturated carbocycles. The van der Waals surface area contributed by atoms with Crippen LogP contribution in [0.3, 0.4) is 0 Å². The monoisotopic (exact) mass is 331 g/mol. The zero-order valence-corrected chi connectivity index (χ0v) is 12.7. The van der Waals surface area contributed by atoms with Crippen LogP contribution >= 0.6 is 23.1 Å². The van der Waals surface area contributed by atoms with E-state index in [2.05, 4.69) is 13.8 Å². The van der Waals surface area contributed by atoms with Crippen LogP contribution in [-0.4, -0.2) is 30.8 Å². The molecule has 0 spiro atoms. The normalized spacial score (nSPS) is 11.9. The van der Waals surface area contributed by atoms with Gasteiger partial charge in [-0.25, -0.2) is 4.98 Å². The van der Waals surface area contributed by atoms with Gasteiger partial charge in [-0.15, -0.1) is 4.40 Å². The molecule has 0 fully saturated rings. The molecule has 0 aliphatic heterocycles. The summed E-state index contributed by atoms with van der Waals surface area (Å²) in [5, 5.41) is 0.451. The molecule has 20 heavy (non-hydrogen) atoms. The van der Waals surface area contributed by atoms with Crippen LogP contribution in [0.2, 0.25) is 5.02 Å². The van der Waals surface area contributed by atoms with Gasteiger partial charge in [0.2, 0.25) is 0 Å². The van der Waals surface area contributed by atoms with E-state index in [-0.39, 0.29) is 10.2 Å². The van der Waals surface area contributed by atoms with Gasteiger partial charge in [0.05, 0.1) is 11.6 Å². The Bertz CT molecular complexity index is 728. The largest absolute Gasteiger partial charge is 0.483 e. The van der Waals surface area contributed by atoms with E-state index < -0.39 is 10.0 Å². The first-order valence-corrected chi connectivity index (χ1v) is 8.12. The van der Waals surface area contributed by atoms with Gasteiger partial charge in [0, 0.05) is 17.1 Å². The third-order valence-corrected chi connectivity index (χ3v) is 4.76. The second kappa shape index (κ2) is 6.29. The van der Waals surface area contributed by atoms with Crippen LogP contribution in [-0.2, 0) is 14.8 Å². The summed E-state index contributed by atoms with van der Waals surface area (Å²) in [4.78, 5) is 3.96. The number of halogens is 1. The molecule has 0 radical (unpaired) electrons. The highest BCUT2D eigenvalue weighted by Gasteiger charge is 2.20. The first-order chi connectivity index (χ1) is 9.54. The van der Waals surface area contributed by atoms with E-state index in [4.69, 9.17) is 16.3 Å². The minimum Gasteiger partial charge on any atom is -0.483 e. The highest BCUT2D eigenvalue weighted by molar-refractivity contribution is 7.92. The average Bonchev–Trinajstić information content (AvgIpc) is 2.90. The van der Waals surface area contributed by atoms with Crippen LogP contribution in [0.25, 0.3) is 11.4 Å². The molecule has 1 heterocycles. The van der Waals surface area contributed by atoms with E-state index in [1.54, 1.807) is 31.2 Å². The summed E-state index contributed by atoms with van der Waals surface area (Å²) in [6.07, 6.45) is 0.881. The van der Waals surface area contributed by atoms with Gasteiger partial charge in [-0.05, 0) is 19.1 Å². The Balaban J connectivity index is 2.32. The standard InChI is InChI=1S/C11H10ClN3O3S2/c1-2-18-7-13-20(16,17)11-14-10(15-19-11)8-5-3-4-6-9(8)12/h3-7H,2H2,1H3/b13-7-. The number of ether oxygens (including phenoxy) is 1. The molecule has 1 aromatic heterocycles. The molecule has 1 aromatic carbocycles. The Morgan fingerprint density at radius 3 is 2.90 bits per heavy atom. The lowest BCUT2D eigenvalue weighted by Gasteiger charge is -1.97. The Morgan fingerprint density at radius 1 is 1.45 bits per heavy atom. The molecule has 2 aromatic rings. The lowest BCUT2D eigenvalue weighted by molar-refractivity contribution is 0.344. The molecule has 9 heteroatoms. The number of rotatable bonds is 5. The van der Waals surface area contributed by atoms with Gasteiger partial charge >= 0.3 is 10.0 Å². The van der Waals surface area contributed by atoms with Crippen molar-refractivity contribution >= 4 is 39.6 Å². The van der Waals surface area contributed by atoms with Gasteiger partial charge in [0.25, 0.3) is 4.34 Å². The summed E-state index contributed by atoms with van der Waals surface area (Å²) in [5.41, 5.74) is 0.570. The summed E-state index contributed by atoms with van der Waals surface area (Å²) in [5.74, 6) is 0.255. The van der Waals surface area contributed by atoms with Crippen molar-refractivity contribution in [3.63, 3.8) is 0 Å². The zero-order valence-electron chi connectivity index (χ0n) is 10.4. The predicted octanol–water partition coefficient (Wildman–Crippen LogP) is 2.61. The fraction of sp³-hybridized carbons (Fsp3) is 0.182. The van der Waals surface area contributed by atoms with Gasteiger partial charge in [0.15, 0.2) is 12.2 Å². The average molecular weight is 332 g/mol. The van der Waals surface area contributed by atoms with Crippen LogP contribution < -0.4 is 0 Å². The fourth-order valence-electron chi connectivity index (χ4n) is 1.27. The van der Waals surface area contributed by atoms with E-state index in [1.807, 2.05) is 0 Å². The number of hydrogen-bond donors (Lipinski definition) is 0. The first kappa shape index (κ1) is 14.9. The SMILES string of the molecule is CCO/C=N\S(=O)(=O)c1nc(-c2ccccc2Cl)ns1. The van der Waals surface area contributed by atoms with Crippen LogP contribution in [0.1, 0.15) is 6.92 Å². The molecule has 0 amide bonds. The fourth-order valence-corrected chi connectivity index (χ4v) is 3.01. The Labute approximate surface area is 125 Å². The maximum atomic E-state index is 11.8.